The second kappa shape index (κ2) is 11.0. The predicted molar refractivity (Wildman–Crippen MR) is 108 cm³/mol. The van der Waals surface area contributed by atoms with E-state index in [1.807, 2.05) is 20.8 Å². The fourth-order valence-corrected chi connectivity index (χ4v) is 3.52. The van der Waals surface area contributed by atoms with Crippen LogP contribution < -0.4 is 15.4 Å². The molecule has 1 aromatic carbocycles. The molecule has 2 amide bonds. The van der Waals surface area contributed by atoms with Crippen molar-refractivity contribution in [1.29, 1.82) is 0 Å². The molecular weight excluding hydrogens is 340 g/mol. The van der Waals surface area contributed by atoms with Gasteiger partial charge in [-0.25, -0.2) is 0 Å². The summed E-state index contributed by atoms with van der Waals surface area (Å²) < 4.78 is 5.41. The Balaban J connectivity index is 1.96. The Bertz CT molecular complexity index is 590. The number of carbonyl (C=O) groups is 2. The fraction of sp³-hybridized carbons (Fsp3) is 0.636. The smallest absolute Gasteiger partial charge is 0.251 e. The van der Waals surface area contributed by atoms with Crippen molar-refractivity contribution < 1.29 is 14.3 Å². The second-order valence-electron chi connectivity index (χ2n) is 7.70. The molecule has 0 spiro atoms. The van der Waals surface area contributed by atoms with Crippen LogP contribution in [0.4, 0.5) is 0 Å². The van der Waals surface area contributed by atoms with Crippen molar-refractivity contribution in [3.05, 3.63) is 29.8 Å². The number of benzene rings is 1. The molecule has 0 aliphatic heterocycles. The summed E-state index contributed by atoms with van der Waals surface area (Å²) in [5.41, 5.74) is 0.530. The van der Waals surface area contributed by atoms with E-state index in [0.29, 0.717) is 12.2 Å². The van der Waals surface area contributed by atoms with Gasteiger partial charge in [-0.2, -0.15) is 0 Å². The van der Waals surface area contributed by atoms with Gasteiger partial charge >= 0.3 is 0 Å². The van der Waals surface area contributed by atoms with E-state index in [4.69, 9.17) is 4.74 Å². The second-order valence-corrected chi connectivity index (χ2v) is 7.70. The summed E-state index contributed by atoms with van der Waals surface area (Å²) >= 11 is 0. The van der Waals surface area contributed by atoms with Crippen LogP contribution in [0.15, 0.2) is 24.3 Å². The molecule has 0 radical (unpaired) electrons. The van der Waals surface area contributed by atoms with Gasteiger partial charge in [0.15, 0.2) is 0 Å². The molecule has 150 valence electrons. The maximum Gasteiger partial charge on any atom is 0.251 e. The van der Waals surface area contributed by atoms with E-state index in [-0.39, 0.29) is 23.8 Å². The highest BCUT2D eigenvalue weighted by molar-refractivity contribution is 5.97. The van der Waals surface area contributed by atoms with Gasteiger partial charge in [0, 0.05) is 11.6 Å². The summed E-state index contributed by atoms with van der Waals surface area (Å²) in [5.74, 6) is 0.445. The van der Waals surface area contributed by atoms with Crippen LogP contribution in [0.2, 0.25) is 0 Å². The molecule has 2 N–H and O–H groups in total. The molecule has 1 fully saturated rings. The van der Waals surface area contributed by atoms with E-state index in [0.717, 1.165) is 31.4 Å². The molecule has 1 aliphatic carbocycles. The minimum absolute atomic E-state index is 0.0187. The van der Waals surface area contributed by atoms with Gasteiger partial charge in [0.25, 0.3) is 5.91 Å². The standard InChI is InChI=1S/C22H34N2O3/c1-4-27-19-14-12-17(13-15-19)21(25)24-20(16(2)3)22(26)23-18-10-8-6-5-7-9-11-18/h12-16,18,20H,4-11H2,1-3H3,(H,23,26)(H,24,25)/t20-/m0/s1. The zero-order valence-electron chi connectivity index (χ0n) is 16.9. The minimum Gasteiger partial charge on any atom is -0.494 e. The molecule has 0 bridgehead atoms. The Hall–Kier alpha value is -2.04. The van der Waals surface area contributed by atoms with Crippen molar-refractivity contribution in [2.45, 2.75) is 77.8 Å². The van der Waals surface area contributed by atoms with Crippen LogP contribution in [-0.4, -0.2) is 30.5 Å². The summed E-state index contributed by atoms with van der Waals surface area (Å²) in [7, 11) is 0. The van der Waals surface area contributed by atoms with Crippen LogP contribution in [0.5, 0.6) is 5.75 Å². The predicted octanol–water partition coefficient (Wildman–Crippen LogP) is 4.07. The molecule has 1 aliphatic rings. The highest BCUT2D eigenvalue weighted by Crippen LogP contribution is 2.18. The number of rotatable bonds is 7. The lowest BCUT2D eigenvalue weighted by molar-refractivity contribution is -0.124. The lowest BCUT2D eigenvalue weighted by Crippen LogP contribution is -2.52. The number of amides is 2. The molecule has 0 unspecified atom stereocenters. The first kappa shape index (κ1) is 21.3. The highest BCUT2D eigenvalue weighted by Gasteiger charge is 2.26. The molecule has 0 aromatic heterocycles. The fourth-order valence-electron chi connectivity index (χ4n) is 3.52. The molecule has 1 atom stereocenters. The third-order valence-electron chi connectivity index (χ3n) is 5.11. The number of ether oxygens (including phenoxy) is 1. The molecule has 0 saturated heterocycles. The average molecular weight is 375 g/mol. The van der Waals surface area contributed by atoms with E-state index < -0.39 is 6.04 Å². The van der Waals surface area contributed by atoms with E-state index in [9.17, 15) is 9.59 Å². The van der Waals surface area contributed by atoms with Crippen molar-refractivity contribution in [1.82, 2.24) is 10.6 Å². The SMILES string of the molecule is CCOc1ccc(C(=O)N[C@H](C(=O)NC2CCCCCCC2)C(C)C)cc1. The molecule has 1 saturated carbocycles. The van der Waals surface area contributed by atoms with Crippen molar-refractivity contribution in [3.8, 4) is 5.75 Å². The van der Waals surface area contributed by atoms with Gasteiger partial charge < -0.3 is 15.4 Å². The summed E-state index contributed by atoms with van der Waals surface area (Å²) in [6.45, 7) is 6.42. The molecule has 0 heterocycles. The van der Waals surface area contributed by atoms with E-state index in [2.05, 4.69) is 10.6 Å². The van der Waals surface area contributed by atoms with Gasteiger partial charge in [0.1, 0.15) is 11.8 Å². The molecule has 5 heteroatoms. The van der Waals surface area contributed by atoms with Gasteiger partial charge in [-0.1, -0.05) is 46.0 Å². The molecule has 27 heavy (non-hydrogen) atoms. The topological polar surface area (TPSA) is 67.4 Å². The molecule has 2 rings (SSSR count). The van der Waals surface area contributed by atoms with Gasteiger partial charge in [-0.3, -0.25) is 9.59 Å². The van der Waals surface area contributed by atoms with Crippen molar-refractivity contribution in [2.75, 3.05) is 6.61 Å². The largest absolute Gasteiger partial charge is 0.494 e. The lowest BCUT2D eigenvalue weighted by atomic mass is 9.95. The Morgan fingerprint density at radius 3 is 2.19 bits per heavy atom. The van der Waals surface area contributed by atoms with E-state index in [1.165, 1.54) is 19.3 Å². The van der Waals surface area contributed by atoms with Crippen LogP contribution in [0.25, 0.3) is 0 Å². The zero-order valence-corrected chi connectivity index (χ0v) is 16.9. The summed E-state index contributed by atoms with van der Waals surface area (Å²) in [5, 5.41) is 6.09. The number of hydrogen-bond acceptors (Lipinski definition) is 3. The minimum atomic E-state index is -0.533. The quantitative estimate of drug-likeness (QED) is 0.756. The van der Waals surface area contributed by atoms with Crippen LogP contribution in [0.3, 0.4) is 0 Å². The normalized spacial score (nSPS) is 16.9. The first-order chi connectivity index (χ1) is 13.0. The average Bonchev–Trinajstić information content (AvgIpc) is 2.62. The first-order valence-corrected chi connectivity index (χ1v) is 10.4. The van der Waals surface area contributed by atoms with Crippen LogP contribution in [0.1, 0.15) is 76.1 Å². The maximum atomic E-state index is 12.8. The highest BCUT2D eigenvalue weighted by atomic mass is 16.5. The Kier molecular flexibility index (Phi) is 8.62. The number of nitrogens with one attached hydrogen (secondary N) is 2. The van der Waals surface area contributed by atoms with Crippen molar-refractivity contribution in [3.63, 3.8) is 0 Å². The van der Waals surface area contributed by atoms with Gasteiger partial charge in [-0.05, 0) is 49.9 Å². The van der Waals surface area contributed by atoms with Crippen LogP contribution in [0, 0.1) is 5.92 Å². The third kappa shape index (κ3) is 6.89. The number of hydrogen-bond donors (Lipinski definition) is 2. The summed E-state index contributed by atoms with van der Waals surface area (Å²) in [4.78, 5) is 25.4. The third-order valence-corrected chi connectivity index (χ3v) is 5.11. The van der Waals surface area contributed by atoms with E-state index in [1.54, 1.807) is 24.3 Å². The first-order valence-electron chi connectivity index (χ1n) is 10.4. The summed E-state index contributed by atoms with van der Waals surface area (Å²) in [6, 6.07) is 6.69. The maximum absolute atomic E-state index is 12.8. The molecule has 1 aromatic rings. The monoisotopic (exact) mass is 374 g/mol. The Morgan fingerprint density at radius 2 is 1.63 bits per heavy atom. The van der Waals surface area contributed by atoms with Gasteiger partial charge in [-0.15, -0.1) is 0 Å². The molecular formula is C22H34N2O3. The molecule has 5 nitrogen and oxygen atoms in total. The van der Waals surface area contributed by atoms with Gasteiger partial charge in [0.2, 0.25) is 5.91 Å². The number of carbonyl (C=O) groups excluding carboxylic acids is 2. The van der Waals surface area contributed by atoms with E-state index >= 15 is 0 Å². The zero-order chi connectivity index (χ0) is 19.6. The van der Waals surface area contributed by atoms with Crippen molar-refractivity contribution in [2.24, 2.45) is 5.92 Å². The summed E-state index contributed by atoms with van der Waals surface area (Å²) in [6.07, 6.45) is 8.18. The lowest BCUT2D eigenvalue weighted by Gasteiger charge is -2.26. The van der Waals surface area contributed by atoms with Crippen LogP contribution in [-0.2, 0) is 4.79 Å². The van der Waals surface area contributed by atoms with Gasteiger partial charge in [0.05, 0.1) is 6.61 Å². The Labute approximate surface area is 163 Å². The Morgan fingerprint density at radius 1 is 1.04 bits per heavy atom. The van der Waals surface area contributed by atoms with Crippen molar-refractivity contribution >= 4 is 11.8 Å². The van der Waals surface area contributed by atoms with Crippen LogP contribution >= 0.6 is 0 Å².